The Bertz CT molecular complexity index is 900. The van der Waals surface area contributed by atoms with Gasteiger partial charge in [0.05, 0.1) is 16.9 Å². The van der Waals surface area contributed by atoms with Gasteiger partial charge in [0.15, 0.2) is 0 Å². The molecule has 156 valence electrons. The maximum Gasteiger partial charge on any atom is 0.273 e. The molecular formula is C23H32N4O2. The Hall–Kier alpha value is -2.63. The number of piperidine rings is 1. The van der Waals surface area contributed by atoms with Crippen LogP contribution in [0.5, 0.6) is 0 Å². The number of aryl methyl sites for hydroxylation is 1. The third-order valence-corrected chi connectivity index (χ3v) is 5.44. The number of amides is 2. The average Bonchev–Trinajstić information content (AvgIpc) is 3.03. The van der Waals surface area contributed by atoms with Gasteiger partial charge in [-0.1, -0.05) is 46.8 Å². The summed E-state index contributed by atoms with van der Waals surface area (Å²) in [5.41, 5.74) is 2.24. The van der Waals surface area contributed by atoms with Crippen LogP contribution in [-0.2, 0) is 12.5 Å². The number of anilines is 1. The maximum atomic E-state index is 13.2. The molecule has 2 unspecified atom stereocenters. The second-order valence-electron chi connectivity index (χ2n) is 9.44. The highest BCUT2D eigenvalue weighted by atomic mass is 16.2. The molecule has 1 aromatic carbocycles. The molecular weight excluding hydrogens is 364 g/mol. The zero-order valence-electron chi connectivity index (χ0n) is 18.3. The molecule has 2 atom stereocenters. The van der Waals surface area contributed by atoms with Crippen LogP contribution in [0.2, 0.25) is 0 Å². The summed E-state index contributed by atoms with van der Waals surface area (Å²) in [5, 5.41) is 7.40. The summed E-state index contributed by atoms with van der Waals surface area (Å²) in [6.07, 6.45) is 1.14. The third kappa shape index (κ3) is 4.69. The lowest BCUT2D eigenvalue weighted by molar-refractivity contribution is 0.0624. The molecule has 1 fully saturated rings. The monoisotopic (exact) mass is 396 g/mol. The quantitative estimate of drug-likeness (QED) is 0.850. The summed E-state index contributed by atoms with van der Waals surface area (Å²) in [7, 11) is 1.76. The fourth-order valence-corrected chi connectivity index (χ4v) is 4.01. The van der Waals surface area contributed by atoms with Crippen molar-refractivity contribution in [2.24, 2.45) is 18.9 Å². The molecule has 3 rings (SSSR count). The molecule has 2 heterocycles. The predicted octanol–water partition coefficient (Wildman–Crippen LogP) is 4.09. The minimum absolute atomic E-state index is 0.0281. The van der Waals surface area contributed by atoms with E-state index in [-0.39, 0.29) is 17.2 Å². The molecule has 0 radical (unpaired) electrons. The van der Waals surface area contributed by atoms with Gasteiger partial charge in [-0.3, -0.25) is 14.3 Å². The van der Waals surface area contributed by atoms with Gasteiger partial charge >= 0.3 is 0 Å². The minimum Gasteiger partial charge on any atom is -0.338 e. The van der Waals surface area contributed by atoms with Gasteiger partial charge in [0.2, 0.25) is 0 Å². The van der Waals surface area contributed by atoms with Crippen LogP contribution in [0.4, 0.5) is 5.69 Å². The van der Waals surface area contributed by atoms with Crippen molar-refractivity contribution in [2.45, 2.75) is 46.5 Å². The van der Waals surface area contributed by atoms with Crippen molar-refractivity contribution in [2.75, 3.05) is 18.4 Å². The Morgan fingerprint density at radius 3 is 2.31 bits per heavy atom. The average molecular weight is 397 g/mol. The molecule has 6 nitrogen and oxygen atoms in total. The summed E-state index contributed by atoms with van der Waals surface area (Å²) >= 11 is 0. The Labute approximate surface area is 173 Å². The van der Waals surface area contributed by atoms with E-state index in [4.69, 9.17) is 0 Å². The highest BCUT2D eigenvalue weighted by Gasteiger charge is 2.28. The molecule has 0 spiro atoms. The van der Waals surface area contributed by atoms with Gasteiger partial charge in [-0.05, 0) is 36.5 Å². The Morgan fingerprint density at radius 2 is 1.72 bits per heavy atom. The number of likely N-dealkylation sites (tertiary alicyclic amines) is 1. The smallest absolute Gasteiger partial charge is 0.273 e. The van der Waals surface area contributed by atoms with Crippen molar-refractivity contribution in [3.63, 3.8) is 0 Å². The normalized spacial score (nSPS) is 19.9. The molecule has 0 bridgehead atoms. The number of carbonyl (C=O) groups excluding carboxylic acids is 2. The fraction of sp³-hybridized carbons (Fsp3) is 0.522. The molecule has 2 amide bonds. The highest BCUT2D eigenvalue weighted by Crippen LogP contribution is 2.26. The first-order valence-corrected chi connectivity index (χ1v) is 10.3. The van der Waals surface area contributed by atoms with Crippen molar-refractivity contribution in [3.8, 4) is 0 Å². The van der Waals surface area contributed by atoms with Gasteiger partial charge in [0, 0.05) is 25.6 Å². The third-order valence-electron chi connectivity index (χ3n) is 5.44. The Kier molecular flexibility index (Phi) is 5.82. The van der Waals surface area contributed by atoms with Crippen LogP contribution in [0, 0.1) is 11.8 Å². The summed E-state index contributed by atoms with van der Waals surface area (Å²) in [5.74, 6) is 0.667. The van der Waals surface area contributed by atoms with Crippen LogP contribution in [0.1, 0.15) is 67.6 Å². The molecule has 2 aromatic rings. The van der Waals surface area contributed by atoms with Gasteiger partial charge in [-0.2, -0.15) is 5.10 Å². The topological polar surface area (TPSA) is 67.2 Å². The first kappa shape index (κ1) is 21.1. The van der Waals surface area contributed by atoms with E-state index in [0.29, 0.717) is 28.8 Å². The van der Waals surface area contributed by atoms with Crippen LogP contribution < -0.4 is 5.32 Å². The lowest BCUT2D eigenvalue weighted by Crippen LogP contribution is -2.42. The first-order chi connectivity index (χ1) is 13.6. The number of benzene rings is 1. The van der Waals surface area contributed by atoms with Gasteiger partial charge < -0.3 is 10.2 Å². The predicted molar refractivity (Wildman–Crippen MR) is 115 cm³/mol. The number of hydrogen-bond acceptors (Lipinski definition) is 3. The summed E-state index contributed by atoms with van der Waals surface area (Å²) in [6, 6.07) is 9.04. The van der Waals surface area contributed by atoms with Crippen LogP contribution in [0.15, 0.2) is 30.3 Å². The van der Waals surface area contributed by atoms with Crippen molar-refractivity contribution >= 4 is 17.5 Å². The SMILES string of the molecule is CC1CC(C)CN(C(=O)c2ccccc2NC(=O)c2cc(C(C)(C)C)nn2C)C1. The van der Waals surface area contributed by atoms with E-state index in [2.05, 4.69) is 45.0 Å². The van der Waals surface area contributed by atoms with E-state index in [1.54, 1.807) is 23.9 Å². The molecule has 0 saturated carbocycles. The van der Waals surface area contributed by atoms with E-state index >= 15 is 0 Å². The standard InChI is InChI=1S/C23H32N4O2/c1-15-11-16(2)14-27(13-15)22(29)17-9-7-8-10-18(17)24-21(28)19-12-20(23(3,4)5)25-26(19)6/h7-10,12,15-16H,11,13-14H2,1-6H3,(H,24,28). The van der Waals surface area contributed by atoms with Crippen LogP contribution in [-0.4, -0.2) is 39.6 Å². The number of rotatable bonds is 3. The first-order valence-electron chi connectivity index (χ1n) is 10.3. The molecule has 6 heteroatoms. The largest absolute Gasteiger partial charge is 0.338 e. The van der Waals surface area contributed by atoms with Crippen molar-refractivity contribution in [1.82, 2.24) is 14.7 Å². The minimum atomic E-state index is -0.267. The second-order valence-corrected chi connectivity index (χ2v) is 9.44. The van der Waals surface area contributed by atoms with Crippen molar-refractivity contribution in [3.05, 3.63) is 47.3 Å². The van der Waals surface area contributed by atoms with Crippen LogP contribution in [0.25, 0.3) is 0 Å². The Morgan fingerprint density at radius 1 is 1.10 bits per heavy atom. The van der Waals surface area contributed by atoms with Gasteiger partial charge in [0.1, 0.15) is 5.69 Å². The van der Waals surface area contributed by atoms with Crippen LogP contribution in [0.3, 0.4) is 0 Å². The second kappa shape index (κ2) is 8.01. The fourth-order valence-electron chi connectivity index (χ4n) is 4.01. The van der Waals surface area contributed by atoms with Gasteiger partial charge in [0.25, 0.3) is 11.8 Å². The lowest BCUT2D eigenvalue weighted by atomic mass is 9.91. The number of para-hydroxylation sites is 1. The molecule has 29 heavy (non-hydrogen) atoms. The zero-order chi connectivity index (χ0) is 21.3. The van der Waals surface area contributed by atoms with E-state index in [0.717, 1.165) is 25.2 Å². The maximum absolute atomic E-state index is 13.2. The molecule has 1 saturated heterocycles. The van der Waals surface area contributed by atoms with E-state index in [1.165, 1.54) is 0 Å². The lowest BCUT2D eigenvalue weighted by Gasteiger charge is -2.35. The van der Waals surface area contributed by atoms with Gasteiger partial charge in [-0.25, -0.2) is 0 Å². The molecule has 1 N–H and O–H groups in total. The number of hydrogen-bond donors (Lipinski definition) is 1. The van der Waals surface area contributed by atoms with E-state index in [9.17, 15) is 9.59 Å². The molecule has 0 aliphatic carbocycles. The van der Waals surface area contributed by atoms with Crippen molar-refractivity contribution < 1.29 is 9.59 Å². The van der Waals surface area contributed by atoms with E-state index < -0.39 is 0 Å². The van der Waals surface area contributed by atoms with Crippen LogP contribution >= 0.6 is 0 Å². The van der Waals surface area contributed by atoms with Gasteiger partial charge in [-0.15, -0.1) is 0 Å². The molecule has 1 aliphatic heterocycles. The molecule has 1 aliphatic rings. The number of carbonyl (C=O) groups is 2. The number of nitrogens with zero attached hydrogens (tertiary/aromatic N) is 3. The summed E-state index contributed by atoms with van der Waals surface area (Å²) in [6.45, 7) is 12.0. The zero-order valence-corrected chi connectivity index (χ0v) is 18.3. The van der Waals surface area contributed by atoms with E-state index in [1.807, 2.05) is 23.1 Å². The number of nitrogens with one attached hydrogen (secondary N) is 1. The van der Waals surface area contributed by atoms with Crippen molar-refractivity contribution in [1.29, 1.82) is 0 Å². The number of aromatic nitrogens is 2. The Balaban J connectivity index is 1.83. The highest BCUT2D eigenvalue weighted by molar-refractivity contribution is 6.08. The summed E-state index contributed by atoms with van der Waals surface area (Å²) in [4.78, 5) is 28.0. The molecule has 1 aromatic heterocycles. The summed E-state index contributed by atoms with van der Waals surface area (Å²) < 4.78 is 1.59.